The van der Waals surface area contributed by atoms with E-state index in [2.05, 4.69) is 11.9 Å². The molecule has 0 radical (unpaired) electrons. The zero-order valence-corrected chi connectivity index (χ0v) is 21.7. The standard InChI is InChI=1S/C29H35N3O5/c1-4-5-6-9-14-31-24-19-27(26(36-3)18-23(24)29(30)35)37-15-10-13-28(34)32(2)21-16-20-11-7-8-12-22(20)25(33)17-21/h7-8,11-12,14,16-19,33H,4-6,9-10,13,15H2,1-3H3,(H2,30,35)/b31-14-. The average Bonchev–Trinajstić information content (AvgIpc) is 2.90. The molecule has 0 spiro atoms. The van der Waals surface area contributed by atoms with Gasteiger partial charge in [-0.25, -0.2) is 0 Å². The van der Waals surface area contributed by atoms with Gasteiger partial charge in [-0.3, -0.25) is 14.6 Å². The van der Waals surface area contributed by atoms with Gasteiger partial charge in [0.2, 0.25) is 5.91 Å². The Labute approximate surface area is 217 Å². The number of primary amides is 1. The number of fused-ring (bicyclic) bond motifs is 1. The van der Waals surface area contributed by atoms with Crippen LogP contribution in [0, 0.1) is 0 Å². The molecule has 0 saturated heterocycles. The molecule has 0 saturated carbocycles. The van der Waals surface area contributed by atoms with Crippen LogP contribution in [-0.4, -0.2) is 43.9 Å². The van der Waals surface area contributed by atoms with E-state index < -0.39 is 5.91 Å². The lowest BCUT2D eigenvalue weighted by Crippen LogP contribution is -2.26. The highest BCUT2D eigenvalue weighted by Crippen LogP contribution is 2.35. The first-order valence-electron chi connectivity index (χ1n) is 12.5. The molecular weight excluding hydrogens is 470 g/mol. The topological polar surface area (TPSA) is 114 Å². The highest BCUT2D eigenvalue weighted by Gasteiger charge is 2.16. The third-order valence-corrected chi connectivity index (χ3v) is 6.09. The number of phenolic OH excluding ortho intramolecular Hbond substituents is 1. The van der Waals surface area contributed by atoms with E-state index >= 15 is 0 Å². The van der Waals surface area contributed by atoms with Crippen LogP contribution in [0.25, 0.3) is 10.8 Å². The Morgan fingerprint density at radius 3 is 2.59 bits per heavy atom. The first-order valence-corrected chi connectivity index (χ1v) is 12.5. The fourth-order valence-electron chi connectivity index (χ4n) is 3.96. The Morgan fingerprint density at radius 1 is 1.08 bits per heavy atom. The number of ether oxygens (including phenoxy) is 2. The van der Waals surface area contributed by atoms with Crippen molar-refractivity contribution in [2.24, 2.45) is 10.7 Å². The van der Waals surface area contributed by atoms with Gasteiger partial charge in [0.15, 0.2) is 11.5 Å². The number of aliphatic imine (C=N–C) groups is 1. The van der Waals surface area contributed by atoms with Crippen molar-refractivity contribution in [2.75, 3.05) is 25.7 Å². The second kappa shape index (κ2) is 13.3. The van der Waals surface area contributed by atoms with Crippen molar-refractivity contribution < 1.29 is 24.2 Å². The first kappa shape index (κ1) is 27.5. The molecule has 3 aromatic rings. The van der Waals surface area contributed by atoms with Crippen LogP contribution in [0.2, 0.25) is 0 Å². The summed E-state index contributed by atoms with van der Waals surface area (Å²) in [5, 5.41) is 11.9. The Bertz CT molecular complexity index is 1270. The second-order valence-corrected chi connectivity index (χ2v) is 8.78. The summed E-state index contributed by atoms with van der Waals surface area (Å²) in [7, 11) is 3.17. The van der Waals surface area contributed by atoms with Gasteiger partial charge in [0.1, 0.15) is 5.75 Å². The van der Waals surface area contributed by atoms with Crippen molar-refractivity contribution in [2.45, 2.75) is 45.4 Å². The highest BCUT2D eigenvalue weighted by molar-refractivity contribution is 5.99. The number of amides is 2. The number of hydrogen-bond acceptors (Lipinski definition) is 6. The Balaban J connectivity index is 1.63. The molecule has 0 aliphatic carbocycles. The lowest BCUT2D eigenvalue weighted by Gasteiger charge is -2.19. The van der Waals surface area contributed by atoms with Gasteiger partial charge in [-0.05, 0) is 36.8 Å². The number of benzene rings is 3. The highest BCUT2D eigenvalue weighted by atomic mass is 16.5. The molecule has 0 aliphatic rings. The van der Waals surface area contributed by atoms with Crippen molar-refractivity contribution in [3.63, 3.8) is 0 Å². The molecule has 0 aromatic heterocycles. The van der Waals surface area contributed by atoms with Crippen LogP contribution in [0.4, 0.5) is 11.4 Å². The predicted octanol–water partition coefficient (Wildman–Crippen LogP) is 5.76. The molecule has 3 N–H and O–H groups in total. The number of aromatic hydroxyl groups is 1. The minimum absolute atomic E-state index is 0.105. The van der Waals surface area contributed by atoms with E-state index in [0.717, 1.165) is 36.5 Å². The number of nitrogens with zero attached hydrogens (tertiary/aromatic N) is 2. The van der Waals surface area contributed by atoms with E-state index in [1.807, 2.05) is 30.3 Å². The summed E-state index contributed by atoms with van der Waals surface area (Å²) < 4.78 is 11.3. The molecule has 3 rings (SSSR count). The number of carbonyl (C=O) groups excluding carboxylic acids is 2. The van der Waals surface area contributed by atoms with E-state index in [4.69, 9.17) is 15.2 Å². The Hall–Kier alpha value is -4.07. The second-order valence-electron chi connectivity index (χ2n) is 8.78. The fourth-order valence-corrected chi connectivity index (χ4v) is 3.96. The maximum absolute atomic E-state index is 12.8. The monoisotopic (exact) mass is 505 g/mol. The third-order valence-electron chi connectivity index (χ3n) is 6.09. The molecule has 0 aliphatic heterocycles. The van der Waals surface area contributed by atoms with Gasteiger partial charge in [0.05, 0.1) is 25.0 Å². The molecule has 8 nitrogen and oxygen atoms in total. The van der Waals surface area contributed by atoms with Crippen LogP contribution >= 0.6 is 0 Å². The number of unbranched alkanes of at least 4 members (excludes halogenated alkanes) is 3. The quantitative estimate of drug-likeness (QED) is 0.226. The Morgan fingerprint density at radius 2 is 1.86 bits per heavy atom. The van der Waals surface area contributed by atoms with Gasteiger partial charge in [-0.2, -0.15) is 0 Å². The molecule has 0 bridgehead atoms. The smallest absolute Gasteiger partial charge is 0.251 e. The Kier molecular flexibility index (Phi) is 9.89. The molecule has 0 atom stereocenters. The number of phenols is 1. The summed E-state index contributed by atoms with van der Waals surface area (Å²) in [4.78, 5) is 30.7. The lowest BCUT2D eigenvalue weighted by molar-refractivity contribution is -0.118. The maximum Gasteiger partial charge on any atom is 0.251 e. The number of nitrogens with two attached hydrogens (primary N) is 1. The summed E-state index contributed by atoms with van der Waals surface area (Å²) in [6.45, 7) is 2.39. The summed E-state index contributed by atoms with van der Waals surface area (Å²) in [6, 6.07) is 14.1. The van der Waals surface area contributed by atoms with Gasteiger partial charge >= 0.3 is 0 Å². The average molecular weight is 506 g/mol. The predicted molar refractivity (Wildman–Crippen MR) is 148 cm³/mol. The third kappa shape index (κ3) is 7.22. The van der Waals surface area contributed by atoms with E-state index in [0.29, 0.717) is 29.3 Å². The van der Waals surface area contributed by atoms with E-state index in [9.17, 15) is 14.7 Å². The first-order chi connectivity index (χ1) is 17.8. The van der Waals surface area contributed by atoms with Gasteiger partial charge in [-0.1, -0.05) is 44.0 Å². The van der Waals surface area contributed by atoms with E-state index in [1.165, 1.54) is 18.1 Å². The van der Waals surface area contributed by atoms with Crippen LogP contribution < -0.4 is 20.1 Å². The molecule has 0 fully saturated rings. The van der Waals surface area contributed by atoms with Crippen LogP contribution in [0.3, 0.4) is 0 Å². The van der Waals surface area contributed by atoms with Crippen LogP contribution in [0.5, 0.6) is 17.2 Å². The van der Waals surface area contributed by atoms with Gasteiger partial charge in [-0.15, -0.1) is 0 Å². The molecule has 3 aromatic carbocycles. The van der Waals surface area contributed by atoms with E-state index in [-0.39, 0.29) is 30.2 Å². The molecular formula is C29H35N3O5. The fraction of sp³-hybridized carbons (Fsp3) is 0.345. The normalized spacial score (nSPS) is 11.1. The number of hydrogen-bond donors (Lipinski definition) is 2. The summed E-state index contributed by atoms with van der Waals surface area (Å²) >= 11 is 0. The zero-order valence-electron chi connectivity index (χ0n) is 21.7. The molecule has 2 amide bonds. The molecule has 8 heteroatoms. The van der Waals surface area contributed by atoms with Crippen molar-refractivity contribution in [3.8, 4) is 17.2 Å². The minimum atomic E-state index is -0.598. The van der Waals surface area contributed by atoms with E-state index in [1.54, 1.807) is 25.4 Å². The van der Waals surface area contributed by atoms with Crippen molar-refractivity contribution >= 4 is 40.2 Å². The number of methoxy groups -OCH3 is 1. The van der Waals surface area contributed by atoms with Crippen LogP contribution in [-0.2, 0) is 4.79 Å². The largest absolute Gasteiger partial charge is 0.507 e. The molecule has 196 valence electrons. The maximum atomic E-state index is 12.8. The van der Waals surface area contributed by atoms with Crippen molar-refractivity contribution in [1.29, 1.82) is 0 Å². The zero-order chi connectivity index (χ0) is 26.8. The van der Waals surface area contributed by atoms with Crippen LogP contribution in [0.1, 0.15) is 55.8 Å². The van der Waals surface area contributed by atoms with Crippen molar-refractivity contribution in [1.82, 2.24) is 0 Å². The minimum Gasteiger partial charge on any atom is -0.507 e. The van der Waals surface area contributed by atoms with Gasteiger partial charge in [0.25, 0.3) is 5.91 Å². The molecule has 0 unspecified atom stereocenters. The summed E-state index contributed by atoms with van der Waals surface area (Å²) in [5.74, 6) is 0.222. The van der Waals surface area contributed by atoms with Gasteiger partial charge in [0, 0.05) is 42.9 Å². The van der Waals surface area contributed by atoms with Gasteiger partial charge < -0.3 is 25.2 Å². The number of anilines is 1. The number of rotatable bonds is 13. The molecule has 37 heavy (non-hydrogen) atoms. The SMILES string of the molecule is CCCCC/C=N\c1cc(OCCCC(=O)N(C)c2cc(O)c3ccccc3c2)c(OC)cc1C(N)=O. The summed E-state index contributed by atoms with van der Waals surface area (Å²) in [5.41, 5.74) is 6.84. The lowest BCUT2D eigenvalue weighted by atomic mass is 10.1. The number of carbonyl (C=O) groups is 2. The summed E-state index contributed by atoms with van der Waals surface area (Å²) in [6.07, 6.45) is 6.54. The van der Waals surface area contributed by atoms with Crippen molar-refractivity contribution in [3.05, 3.63) is 54.1 Å². The molecule has 0 heterocycles. The van der Waals surface area contributed by atoms with Crippen LogP contribution in [0.15, 0.2) is 53.5 Å².